The van der Waals surface area contributed by atoms with E-state index >= 15 is 0 Å². The normalized spacial score (nSPS) is 15.5. The maximum Gasteiger partial charge on any atom is 0.352 e. The highest BCUT2D eigenvalue weighted by Gasteiger charge is 2.37. The Morgan fingerprint density at radius 1 is 0.939 bits per heavy atom. The molecule has 1 saturated heterocycles. The summed E-state index contributed by atoms with van der Waals surface area (Å²) in [4.78, 5) is 77.1. The van der Waals surface area contributed by atoms with Crippen molar-refractivity contribution >= 4 is 35.7 Å². The summed E-state index contributed by atoms with van der Waals surface area (Å²) in [5, 5.41) is 0.298. The van der Waals surface area contributed by atoms with Gasteiger partial charge in [0.25, 0.3) is 11.8 Å². The van der Waals surface area contributed by atoms with E-state index in [-0.39, 0.29) is 18.4 Å². The Morgan fingerprint density at radius 2 is 1.52 bits per heavy atom. The van der Waals surface area contributed by atoms with Crippen molar-refractivity contribution in [2.45, 2.75) is 64.8 Å². The first-order valence-electron chi connectivity index (χ1n) is 10.1. The lowest BCUT2D eigenvalue weighted by Gasteiger charge is -2.25. The summed E-state index contributed by atoms with van der Waals surface area (Å²) in [6.07, 6.45) is -4.39. The maximum atomic E-state index is 12.8. The largest absolute Gasteiger partial charge is 0.457 e. The highest BCUT2D eigenvalue weighted by molar-refractivity contribution is 6.01. The third-order valence-electron chi connectivity index (χ3n) is 4.08. The smallest absolute Gasteiger partial charge is 0.352 e. The molecular formula is C22H25NO10. The average molecular weight is 463 g/mol. The van der Waals surface area contributed by atoms with Crippen LogP contribution in [0.2, 0.25) is 0 Å². The van der Waals surface area contributed by atoms with Gasteiger partial charge in [0, 0.05) is 25.3 Å². The van der Waals surface area contributed by atoms with E-state index in [4.69, 9.17) is 19.0 Å². The Labute approximate surface area is 189 Å². The standard InChI is InChI=1S/C22H25NO10/c1-13(24)30-15(12-18(27)33-23-16(25)10-11-17(23)26)20(28)31-19(14-8-6-5-7-9-14)21(29)32-22(2,3)4/h5-9,15,19H,10-12H2,1-4H3/t15-,19-/m0/s1. The summed E-state index contributed by atoms with van der Waals surface area (Å²) in [7, 11) is 0. The molecule has 0 bridgehead atoms. The van der Waals surface area contributed by atoms with Gasteiger partial charge < -0.3 is 19.0 Å². The van der Waals surface area contributed by atoms with Gasteiger partial charge in [-0.15, -0.1) is 5.06 Å². The molecule has 0 aromatic heterocycles. The minimum absolute atomic E-state index is 0.115. The first-order valence-corrected chi connectivity index (χ1v) is 10.1. The number of nitrogens with zero attached hydrogens (tertiary/aromatic N) is 1. The fourth-order valence-electron chi connectivity index (χ4n) is 2.75. The van der Waals surface area contributed by atoms with Crippen molar-refractivity contribution in [3.63, 3.8) is 0 Å². The molecule has 0 unspecified atom stereocenters. The van der Waals surface area contributed by atoms with Gasteiger partial charge in [-0.1, -0.05) is 30.3 Å². The van der Waals surface area contributed by atoms with Crippen molar-refractivity contribution in [1.82, 2.24) is 5.06 Å². The third kappa shape index (κ3) is 7.70. The van der Waals surface area contributed by atoms with Crippen molar-refractivity contribution in [2.24, 2.45) is 0 Å². The number of rotatable bonds is 8. The third-order valence-corrected chi connectivity index (χ3v) is 4.08. The minimum Gasteiger partial charge on any atom is -0.457 e. The van der Waals surface area contributed by atoms with E-state index in [1.807, 2.05) is 0 Å². The number of esters is 3. The van der Waals surface area contributed by atoms with Crippen LogP contribution in [0.3, 0.4) is 0 Å². The molecule has 0 aliphatic carbocycles. The average Bonchev–Trinajstić information content (AvgIpc) is 3.02. The van der Waals surface area contributed by atoms with Crippen LogP contribution in [0.4, 0.5) is 0 Å². The molecule has 0 spiro atoms. The van der Waals surface area contributed by atoms with Crippen LogP contribution in [-0.4, -0.2) is 52.5 Å². The highest BCUT2D eigenvalue weighted by atomic mass is 16.7. The van der Waals surface area contributed by atoms with E-state index in [9.17, 15) is 28.8 Å². The van der Waals surface area contributed by atoms with Crippen LogP contribution in [0.25, 0.3) is 0 Å². The zero-order valence-corrected chi connectivity index (χ0v) is 18.7. The van der Waals surface area contributed by atoms with E-state index in [2.05, 4.69) is 0 Å². The van der Waals surface area contributed by atoms with Crippen molar-refractivity contribution < 1.29 is 47.8 Å². The lowest BCUT2D eigenvalue weighted by molar-refractivity contribution is -0.201. The second-order valence-electron chi connectivity index (χ2n) is 8.11. The summed E-state index contributed by atoms with van der Waals surface area (Å²) in [5.74, 6) is -5.62. The number of hydrogen-bond acceptors (Lipinski definition) is 10. The SMILES string of the molecule is CC(=O)O[C@@H](CC(=O)ON1C(=O)CCC1=O)C(=O)O[C@H](C(=O)OC(C)(C)C)c1ccccc1. The van der Waals surface area contributed by atoms with Gasteiger partial charge in [-0.05, 0) is 20.8 Å². The Balaban J connectivity index is 2.18. The van der Waals surface area contributed by atoms with Gasteiger partial charge in [0.15, 0.2) is 0 Å². The van der Waals surface area contributed by atoms with E-state index in [0.29, 0.717) is 5.06 Å². The van der Waals surface area contributed by atoms with Crippen LogP contribution in [-0.2, 0) is 47.8 Å². The monoisotopic (exact) mass is 463 g/mol. The van der Waals surface area contributed by atoms with Crippen LogP contribution >= 0.6 is 0 Å². The summed E-state index contributed by atoms with van der Waals surface area (Å²) in [6.45, 7) is 5.90. The van der Waals surface area contributed by atoms with Gasteiger partial charge >= 0.3 is 23.9 Å². The molecule has 0 saturated carbocycles. The number of benzene rings is 1. The predicted molar refractivity (Wildman–Crippen MR) is 108 cm³/mol. The molecule has 11 nitrogen and oxygen atoms in total. The number of hydroxylamine groups is 2. The highest BCUT2D eigenvalue weighted by Crippen LogP contribution is 2.24. The first-order chi connectivity index (χ1) is 15.4. The number of carbonyl (C=O) groups excluding carboxylic acids is 6. The van der Waals surface area contributed by atoms with Crippen molar-refractivity contribution in [3.05, 3.63) is 35.9 Å². The summed E-state index contributed by atoms with van der Waals surface area (Å²) in [6, 6.07) is 7.98. The first kappa shape index (κ1) is 25.5. The molecule has 11 heteroatoms. The minimum atomic E-state index is -1.79. The number of ether oxygens (including phenoxy) is 3. The number of carbonyl (C=O) groups is 6. The van der Waals surface area contributed by atoms with Crippen LogP contribution in [0.5, 0.6) is 0 Å². The fraction of sp³-hybridized carbons (Fsp3) is 0.455. The van der Waals surface area contributed by atoms with Crippen molar-refractivity contribution in [2.75, 3.05) is 0 Å². The zero-order chi connectivity index (χ0) is 24.8. The molecule has 1 fully saturated rings. The van der Waals surface area contributed by atoms with Gasteiger partial charge in [-0.25, -0.2) is 14.4 Å². The number of amides is 2. The molecule has 0 radical (unpaired) electrons. The molecule has 1 aromatic carbocycles. The maximum absolute atomic E-state index is 12.8. The second kappa shape index (κ2) is 10.7. The molecule has 1 heterocycles. The summed E-state index contributed by atoms with van der Waals surface area (Å²) >= 11 is 0. The molecule has 2 amide bonds. The molecule has 178 valence electrons. The van der Waals surface area contributed by atoms with E-state index < -0.39 is 59.9 Å². The van der Waals surface area contributed by atoms with Crippen molar-refractivity contribution in [1.29, 1.82) is 0 Å². The van der Waals surface area contributed by atoms with E-state index in [1.54, 1.807) is 39.0 Å². The van der Waals surface area contributed by atoms with Gasteiger partial charge in [-0.3, -0.25) is 14.4 Å². The second-order valence-corrected chi connectivity index (χ2v) is 8.11. The van der Waals surface area contributed by atoms with Crippen LogP contribution in [0.15, 0.2) is 30.3 Å². The Morgan fingerprint density at radius 3 is 2.03 bits per heavy atom. The van der Waals surface area contributed by atoms with Crippen LogP contribution < -0.4 is 0 Å². The molecule has 1 aromatic rings. The van der Waals surface area contributed by atoms with Gasteiger partial charge in [0.2, 0.25) is 12.2 Å². The summed E-state index contributed by atoms with van der Waals surface area (Å²) in [5.41, 5.74) is -0.595. The predicted octanol–water partition coefficient (Wildman–Crippen LogP) is 1.54. The fourth-order valence-corrected chi connectivity index (χ4v) is 2.75. The van der Waals surface area contributed by atoms with E-state index in [1.165, 1.54) is 12.1 Å². The van der Waals surface area contributed by atoms with E-state index in [0.717, 1.165) is 6.92 Å². The van der Waals surface area contributed by atoms with Gasteiger partial charge in [-0.2, -0.15) is 0 Å². The molecule has 2 atom stereocenters. The quantitative estimate of drug-likeness (QED) is 0.316. The van der Waals surface area contributed by atoms with Crippen LogP contribution in [0.1, 0.15) is 58.6 Å². The number of hydrogen-bond donors (Lipinski definition) is 0. The molecule has 33 heavy (non-hydrogen) atoms. The Hall–Kier alpha value is -3.76. The Kier molecular flexibility index (Phi) is 8.27. The van der Waals surface area contributed by atoms with Crippen LogP contribution in [0, 0.1) is 0 Å². The molecular weight excluding hydrogens is 438 g/mol. The lowest BCUT2D eigenvalue weighted by Crippen LogP contribution is -2.38. The summed E-state index contributed by atoms with van der Waals surface area (Å²) < 4.78 is 15.5. The molecule has 1 aliphatic rings. The molecule has 2 rings (SSSR count). The molecule has 0 N–H and O–H groups in total. The topological polar surface area (TPSA) is 143 Å². The van der Waals surface area contributed by atoms with Gasteiger partial charge in [0.1, 0.15) is 5.60 Å². The zero-order valence-electron chi connectivity index (χ0n) is 18.7. The number of imide groups is 1. The lowest BCUT2D eigenvalue weighted by atomic mass is 10.1. The molecule has 1 aliphatic heterocycles. The Bertz CT molecular complexity index is 918. The van der Waals surface area contributed by atoms with Crippen molar-refractivity contribution in [3.8, 4) is 0 Å². The van der Waals surface area contributed by atoms with Gasteiger partial charge in [0.05, 0.1) is 6.42 Å².